The van der Waals surface area contributed by atoms with Crippen molar-refractivity contribution in [1.82, 2.24) is 10.6 Å². The average molecular weight is 389 g/mol. The van der Waals surface area contributed by atoms with Crippen molar-refractivity contribution in [1.29, 1.82) is 0 Å². The molecule has 1 aromatic rings. The van der Waals surface area contributed by atoms with E-state index < -0.39 is 17.7 Å². The fraction of sp³-hybridized carbons (Fsp3) is 0.571. The van der Waals surface area contributed by atoms with Gasteiger partial charge in [-0.25, -0.2) is 4.79 Å². The quantitative estimate of drug-likeness (QED) is 0.783. The Kier molecular flexibility index (Phi) is 7.05. The number of anilines is 1. The lowest BCUT2D eigenvalue weighted by molar-refractivity contribution is -0.127. The van der Waals surface area contributed by atoms with Crippen molar-refractivity contribution >= 4 is 23.6 Å². The van der Waals surface area contributed by atoms with E-state index in [9.17, 15) is 14.4 Å². The summed E-state index contributed by atoms with van der Waals surface area (Å²) in [5, 5.41) is 5.31. The Bertz CT molecular complexity index is 727. The molecule has 0 radical (unpaired) electrons. The van der Waals surface area contributed by atoms with Gasteiger partial charge in [-0.05, 0) is 44.7 Å². The summed E-state index contributed by atoms with van der Waals surface area (Å²) in [5.74, 6) is -0.658. The topological polar surface area (TPSA) is 87.7 Å². The van der Waals surface area contributed by atoms with Crippen LogP contribution >= 0.6 is 0 Å². The van der Waals surface area contributed by atoms with Crippen LogP contribution in [0.5, 0.6) is 0 Å². The molecule has 0 saturated carbocycles. The van der Waals surface area contributed by atoms with E-state index in [2.05, 4.69) is 10.6 Å². The van der Waals surface area contributed by atoms with E-state index >= 15 is 0 Å². The van der Waals surface area contributed by atoms with Gasteiger partial charge in [0.1, 0.15) is 11.6 Å². The van der Waals surface area contributed by atoms with Crippen LogP contribution in [0.4, 0.5) is 10.5 Å². The fourth-order valence-electron chi connectivity index (χ4n) is 3.10. The maximum absolute atomic E-state index is 12.7. The molecule has 28 heavy (non-hydrogen) atoms. The number of fused-ring (bicyclic) bond motifs is 1. The molecule has 0 saturated heterocycles. The molecule has 2 rings (SSSR count). The first-order valence-corrected chi connectivity index (χ1v) is 9.78. The van der Waals surface area contributed by atoms with E-state index in [4.69, 9.17) is 4.74 Å². The van der Waals surface area contributed by atoms with E-state index in [1.165, 1.54) is 0 Å². The molecule has 7 nitrogen and oxygen atoms in total. The Morgan fingerprint density at radius 1 is 1.21 bits per heavy atom. The van der Waals surface area contributed by atoms with Gasteiger partial charge in [-0.15, -0.1) is 0 Å². The summed E-state index contributed by atoms with van der Waals surface area (Å²) < 4.78 is 5.25. The monoisotopic (exact) mass is 389 g/mol. The molecule has 0 bridgehead atoms. The minimum absolute atomic E-state index is 0.102. The molecule has 1 aliphatic heterocycles. The fourth-order valence-corrected chi connectivity index (χ4v) is 3.10. The lowest BCUT2D eigenvalue weighted by atomic mass is 9.98. The number of alkyl carbamates (subject to hydrolysis) is 1. The third-order valence-corrected chi connectivity index (χ3v) is 4.77. The number of carbonyl (C=O) groups is 3. The molecule has 2 unspecified atom stereocenters. The largest absolute Gasteiger partial charge is 0.444 e. The van der Waals surface area contributed by atoms with Crippen LogP contribution in [0, 0.1) is 5.92 Å². The van der Waals surface area contributed by atoms with E-state index in [0.29, 0.717) is 13.0 Å². The summed E-state index contributed by atoms with van der Waals surface area (Å²) in [5.41, 5.74) is 1.37. The summed E-state index contributed by atoms with van der Waals surface area (Å²) in [7, 11) is 0. The molecule has 7 heteroatoms. The molecule has 0 fully saturated rings. The van der Waals surface area contributed by atoms with E-state index in [-0.39, 0.29) is 24.3 Å². The summed E-state index contributed by atoms with van der Waals surface area (Å²) in [4.78, 5) is 39.0. The Labute approximate surface area is 166 Å². The van der Waals surface area contributed by atoms with Gasteiger partial charge in [-0.2, -0.15) is 0 Å². The predicted molar refractivity (Wildman–Crippen MR) is 108 cm³/mol. The van der Waals surface area contributed by atoms with Crippen molar-refractivity contribution in [2.45, 2.75) is 59.1 Å². The van der Waals surface area contributed by atoms with Gasteiger partial charge in [0.2, 0.25) is 11.8 Å². The third-order valence-electron chi connectivity index (χ3n) is 4.77. The van der Waals surface area contributed by atoms with Crippen molar-refractivity contribution < 1.29 is 19.1 Å². The molecule has 1 heterocycles. The van der Waals surface area contributed by atoms with Gasteiger partial charge in [0.05, 0.1) is 6.54 Å². The van der Waals surface area contributed by atoms with Crippen LogP contribution in [0.2, 0.25) is 0 Å². The molecule has 154 valence electrons. The van der Waals surface area contributed by atoms with Gasteiger partial charge < -0.3 is 20.3 Å². The molecule has 2 atom stereocenters. The maximum atomic E-state index is 12.7. The van der Waals surface area contributed by atoms with Gasteiger partial charge in [-0.3, -0.25) is 9.59 Å². The molecule has 2 N–H and O–H groups in total. The summed E-state index contributed by atoms with van der Waals surface area (Å²) in [6.45, 7) is 9.59. The van der Waals surface area contributed by atoms with Gasteiger partial charge in [0, 0.05) is 12.2 Å². The number of nitrogens with one attached hydrogen (secondary N) is 2. The van der Waals surface area contributed by atoms with Crippen LogP contribution in [0.15, 0.2) is 24.3 Å². The smallest absolute Gasteiger partial charge is 0.408 e. The lowest BCUT2D eigenvalue weighted by Gasteiger charge is -2.26. The van der Waals surface area contributed by atoms with Gasteiger partial charge in [0.15, 0.2) is 0 Å². The Morgan fingerprint density at radius 2 is 1.89 bits per heavy atom. The zero-order valence-electron chi connectivity index (χ0n) is 17.4. The number of benzene rings is 1. The first-order valence-electron chi connectivity index (χ1n) is 9.78. The Hall–Kier alpha value is -2.57. The van der Waals surface area contributed by atoms with Crippen molar-refractivity contribution in [3.05, 3.63) is 29.8 Å². The van der Waals surface area contributed by atoms with Crippen LogP contribution in [0.3, 0.4) is 0 Å². The standard InChI is InChI=1S/C21H31N3O4/c1-6-14(2)18(23-20(27)28-21(3,4)5)19(26)22-13-17(25)24-12-11-15-9-7-8-10-16(15)24/h7-10,14,18H,6,11-13H2,1-5H3,(H,22,26)(H,23,27). The molecular weight excluding hydrogens is 358 g/mol. The summed E-state index contributed by atoms with van der Waals surface area (Å²) in [6, 6.07) is 7.00. The van der Waals surface area contributed by atoms with Gasteiger partial charge in [-0.1, -0.05) is 38.5 Å². The highest BCUT2D eigenvalue weighted by Crippen LogP contribution is 2.27. The van der Waals surface area contributed by atoms with Crippen LogP contribution in [-0.4, -0.2) is 42.6 Å². The summed E-state index contributed by atoms with van der Waals surface area (Å²) >= 11 is 0. The van der Waals surface area contributed by atoms with Crippen molar-refractivity contribution in [3.8, 4) is 0 Å². The summed E-state index contributed by atoms with van der Waals surface area (Å²) in [6.07, 6.45) is 0.861. The third kappa shape index (κ3) is 5.71. The molecule has 0 aliphatic carbocycles. The van der Waals surface area contributed by atoms with Gasteiger partial charge >= 0.3 is 6.09 Å². The highest BCUT2D eigenvalue weighted by Gasteiger charge is 2.30. The number of carbonyl (C=O) groups excluding carboxylic acids is 3. The minimum Gasteiger partial charge on any atom is -0.444 e. The predicted octanol–water partition coefficient (Wildman–Crippen LogP) is 2.63. The lowest BCUT2D eigenvalue weighted by Crippen LogP contribution is -2.53. The maximum Gasteiger partial charge on any atom is 0.408 e. The second-order valence-corrected chi connectivity index (χ2v) is 8.15. The molecule has 0 spiro atoms. The second-order valence-electron chi connectivity index (χ2n) is 8.15. The van der Waals surface area contributed by atoms with Crippen LogP contribution in [-0.2, 0) is 20.7 Å². The number of nitrogens with zero attached hydrogens (tertiary/aromatic N) is 1. The van der Waals surface area contributed by atoms with E-state index in [1.807, 2.05) is 38.1 Å². The van der Waals surface area contributed by atoms with E-state index in [0.717, 1.165) is 17.7 Å². The van der Waals surface area contributed by atoms with Crippen LogP contribution in [0.25, 0.3) is 0 Å². The number of para-hydroxylation sites is 1. The first kappa shape index (κ1) is 21.7. The minimum atomic E-state index is -0.765. The molecule has 1 aromatic carbocycles. The highest BCUT2D eigenvalue weighted by atomic mass is 16.6. The van der Waals surface area contributed by atoms with E-state index in [1.54, 1.807) is 25.7 Å². The number of hydrogen-bond acceptors (Lipinski definition) is 4. The Morgan fingerprint density at radius 3 is 2.54 bits per heavy atom. The zero-order valence-corrected chi connectivity index (χ0v) is 17.4. The number of ether oxygens (including phenoxy) is 1. The first-order chi connectivity index (χ1) is 13.1. The van der Waals surface area contributed by atoms with Crippen molar-refractivity contribution in [2.24, 2.45) is 5.92 Å². The average Bonchev–Trinajstić information content (AvgIpc) is 3.06. The van der Waals surface area contributed by atoms with Crippen LogP contribution < -0.4 is 15.5 Å². The second kappa shape index (κ2) is 9.08. The molecule has 3 amide bonds. The van der Waals surface area contributed by atoms with Crippen molar-refractivity contribution in [2.75, 3.05) is 18.0 Å². The molecule has 0 aromatic heterocycles. The number of amides is 3. The SMILES string of the molecule is CCC(C)C(NC(=O)OC(C)(C)C)C(=O)NCC(=O)N1CCc2ccccc21. The van der Waals surface area contributed by atoms with Gasteiger partial charge in [0.25, 0.3) is 0 Å². The normalized spacial score (nSPS) is 15.4. The Balaban J connectivity index is 1.96. The zero-order chi connectivity index (χ0) is 20.9. The van der Waals surface area contributed by atoms with Crippen LogP contribution in [0.1, 0.15) is 46.6 Å². The number of hydrogen-bond donors (Lipinski definition) is 2. The van der Waals surface area contributed by atoms with Crippen molar-refractivity contribution in [3.63, 3.8) is 0 Å². The molecular formula is C21H31N3O4. The highest BCUT2D eigenvalue weighted by molar-refractivity contribution is 5.99. The molecule has 1 aliphatic rings. The number of rotatable bonds is 6.